The Balaban J connectivity index is 1.57. The predicted molar refractivity (Wildman–Crippen MR) is 223 cm³/mol. The van der Waals surface area contributed by atoms with Gasteiger partial charge in [0.05, 0.1) is 44.0 Å². The fourth-order valence-corrected chi connectivity index (χ4v) is 7.60. The minimum atomic E-state index is -2.48. The third kappa shape index (κ3) is 13.4. The monoisotopic (exact) mass is 906 g/mol. The highest BCUT2D eigenvalue weighted by atomic mass is 16.8. The first-order chi connectivity index (χ1) is 31.0. The van der Waals surface area contributed by atoms with E-state index in [9.17, 15) is 33.6 Å². The molecular formula is C47H54O18. The zero-order chi connectivity index (χ0) is 47.3. The van der Waals surface area contributed by atoms with Crippen LogP contribution in [0.25, 0.3) is 0 Å². The molecule has 2 aliphatic heterocycles. The van der Waals surface area contributed by atoms with Crippen molar-refractivity contribution in [2.24, 2.45) is 5.92 Å². The molecule has 0 bridgehead atoms. The second kappa shape index (κ2) is 23.1. The van der Waals surface area contributed by atoms with Crippen molar-refractivity contribution in [1.29, 1.82) is 0 Å². The highest BCUT2D eigenvalue weighted by Gasteiger charge is 2.59. The van der Waals surface area contributed by atoms with Gasteiger partial charge >= 0.3 is 41.8 Å². The van der Waals surface area contributed by atoms with Crippen LogP contribution in [0.3, 0.4) is 0 Å². The molecule has 2 saturated heterocycles. The zero-order valence-corrected chi connectivity index (χ0v) is 37.1. The Bertz CT molecular complexity index is 2100. The highest BCUT2D eigenvalue weighted by molar-refractivity contribution is 5.90. The number of rotatable bonds is 18. The van der Waals surface area contributed by atoms with E-state index in [0.717, 1.165) is 34.8 Å². The van der Waals surface area contributed by atoms with Gasteiger partial charge < -0.3 is 52.1 Å². The van der Waals surface area contributed by atoms with Gasteiger partial charge in [0.1, 0.15) is 31.0 Å². The van der Waals surface area contributed by atoms with Crippen molar-refractivity contribution in [2.75, 3.05) is 20.3 Å². The first kappa shape index (κ1) is 49.8. The summed E-state index contributed by atoms with van der Waals surface area (Å²) in [6.45, 7) is 6.36. The second-order valence-corrected chi connectivity index (χ2v) is 15.5. The number of carbonyl (C=O) groups is 7. The van der Waals surface area contributed by atoms with Crippen molar-refractivity contribution in [3.8, 4) is 0 Å². The minimum Gasteiger partial charge on any atom is -0.465 e. The summed E-state index contributed by atoms with van der Waals surface area (Å²) in [5, 5.41) is 0. The van der Waals surface area contributed by atoms with Crippen molar-refractivity contribution in [3.63, 3.8) is 0 Å². The Morgan fingerprint density at radius 2 is 1.23 bits per heavy atom. The van der Waals surface area contributed by atoms with Crippen LogP contribution in [0.4, 0.5) is 0 Å². The molecule has 0 aliphatic carbocycles. The third-order valence-electron chi connectivity index (χ3n) is 10.6. The van der Waals surface area contributed by atoms with E-state index in [-0.39, 0.29) is 17.7 Å². The van der Waals surface area contributed by atoms with Gasteiger partial charge in [-0.3, -0.25) is 19.2 Å². The molecule has 18 nitrogen and oxygen atoms in total. The number of ether oxygens (including phenoxy) is 11. The van der Waals surface area contributed by atoms with Gasteiger partial charge in [-0.15, -0.1) is 0 Å². The van der Waals surface area contributed by atoms with E-state index < -0.39 is 128 Å². The molecule has 2 fully saturated rings. The van der Waals surface area contributed by atoms with Gasteiger partial charge in [-0.1, -0.05) is 73.7 Å². The highest BCUT2D eigenvalue weighted by Crippen LogP contribution is 2.41. The summed E-state index contributed by atoms with van der Waals surface area (Å²) >= 11 is 0. The standard InChI is InChI=1S/C47H54O18/c1-27-36(60-30(4)49)23-47(46(54)55-7,65-39(27)42(62-32(6)51)37(61-31(5)50)25-56-29(3)48)58-26-38-41(57-24-33-17-11-8-12-18-33)43(64-45(53)35-21-15-10-16-22-35)40(28(2)59-38)63-44(52)34-19-13-9-14-20-34/h8-22,27-28,36-43H,23-26H2,1-7H3. The van der Waals surface area contributed by atoms with Crippen LogP contribution >= 0.6 is 0 Å². The molecule has 350 valence electrons. The lowest BCUT2D eigenvalue weighted by atomic mass is 9.84. The Hall–Kier alpha value is -6.21. The van der Waals surface area contributed by atoms with Crippen LogP contribution in [-0.4, -0.2) is 123 Å². The van der Waals surface area contributed by atoms with E-state index in [0.29, 0.717) is 5.56 Å². The Morgan fingerprint density at radius 3 is 1.75 bits per heavy atom. The van der Waals surface area contributed by atoms with Crippen molar-refractivity contribution < 1.29 is 85.7 Å². The summed E-state index contributed by atoms with van der Waals surface area (Å²) in [6.07, 6.45) is -12.4. The summed E-state index contributed by atoms with van der Waals surface area (Å²) in [5.41, 5.74) is 1.12. The molecule has 3 aromatic carbocycles. The maximum Gasteiger partial charge on any atom is 0.366 e. The van der Waals surface area contributed by atoms with Crippen LogP contribution in [0.1, 0.15) is 74.2 Å². The van der Waals surface area contributed by atoms with E-state index >= 15 is 0 Å². The van der Waals surface area contributed by atoms with Gasteiger partial charge in [-0.05, 0) is 36.8 Å². The van der Waals surface area contributed by atoms with E-state index in [1.54, 1.807) is 98.8 Å². The van der Waals surface area contributed by atoms with Crippen molar-refractivity contribution >= 4 is 41.8 Å². The molecule has 0 saturated carbocycles. The molecule has 0 aromatic heterocycles. The molecular weight excluding hydrogens is 852 g/mol. The Kier molecular flexibility index (Phi) is 17.7. The number of benzene rings is 3. The van der Waals surface area contributed by atoms with Crippen LogP contribution in [0, 0.1) is 5.92 Å². The average Bonchev–Trinajstić information content (AvgIpc) is 3.28. The SMILES string of the molecule is COC(=O)C1(OCC2OC(C)C(OC(=O)c3ccccc3)C(OC(=O)c3ccccc3)C2OCc2ccccc2)CC(OC(C)=O)C(C)C(C(OC(C)=O)C(COC(C)=O)OC(C)=O)O1. The predicted octanol–water partition coefficient (Wildman–Crippen LogP) is 4.48. The van der Waals surface area contributed by atoms with Crippen LogP contribution < -0.4 is 0 Å². The fraction of sp³-hybridized carbons (Fsp3) is 0.468. The molecule has 5 rings (SSSR count). The molecule has 2 aliphatic rings. The van der Waals surface area contributed by atoms with Crippen molar-refractivity contribution in [2.45, 2.75) is 115 Å². The molecule has 18 heteroatoms. The normalized spacial score (nSPS) is 26.0. The summed E-state index contributed by atoms with van der Waals surface area (Å²) in [6, 6.07) is 25.3. The quantitative estimate of drug-likeness (QED) is 0.127. The number of hydrogen-bond donors (Lipinski definition) is 0. The summed E-state index contributed by atoms with van der Waals surface area (Å²) in [7, 11) is 1.06. The van der Waals surface area contributed by atoms with Crippen molar-refractivity contribution in [1.82, 2.24) is 0 Å². The summed E-state index contributed by atoms with van der Waals surface area (Å²) in [5.74, 6) is -9.21. The largest absolute Gasteiger partial charge is 0.465 e. The summed E-state index contributed by atoms with van der Waals surface area (Å²) in [4.78, 5) is 91.1. The molecule has 0 radical (unpaired) electrons. The molecule has 0 spiro atoms. The lowest BCUT2D eigenvalue weighted by Crippen LogP contribution is -2.65. The summed E-state index contributed by atoms with van der Waals surface area (Å²) < 4.78 is 65.4. The zero-order valence-electron chi connectivity index (χ0n) is 37.1. The molecule has 0 N–H and O–H groups in total. The molecule has 11 unspecified atom stereocenters. The van der Waals surface area contributed by atoms with Crippen LogP contribution in [0.2, 0.25) is 0 Å². The van der Waals surface area contributed by atoms with Gasteiger partial charge in [0.15, 0.2) is 24.4 Å². The first-order valence-electron chi connectivity index (χ1n) is 20.9. The van der Waals surface area contributed by atoms with E-state index in [1.807, 2.05) is 6.07 Å². The van der Waals surface area contributed by atoms with E-state index in [2.05, 4.69) is 0 Å². The Morgan fingerprint density at radius 1 is 0.677 bits per heavy atom. The Labute approximate surface area is 375 Å². The van der Waals surface area contributed by atoms with Gasteiger partial charge in [-0.25, -0.2) is 14.4 Å². The van der Waals surface area contributed by atoms with Crippen molar-refractivity contribution in [3.05, 3.63) is 108 Å². The second-order valence-electron chi connectivity index (χ2n) is 15.5. The third-order valence-corrected chi connectivity index (χ3v) is 10.6. The smallest absolute Gasteiger partial charge is 0.366 e. The molecule has 65 heavy (non-hydrogen) atoms. The van der Waals surface area contributed by atoms with Gasteiger partial charge in [0.2, 0.25) is 0 Å². The maximum atomic E-state index is 14.1. The minimum absolute atomic E-state index is 0.0603. The van der Waals surface area contributed by atoms with E-state index in [4.69, 9.17) is 52.1 Å². The van der Waals surface area contributed by atoms with Gasteiger partial charge in [0.25, 0.3) is 5.79 Å². The molecule has 0 amide bonds. The topological polar surface area (TPSA) is 221 Å². The number of carbonyl (C=O) groups excluding carboxylic acids is 7. The number of methoxy groups -OCH3 is 1. The number of hydrogen-bond acceptors (Lipinski definition) is 18. The van der Waals surface area contributed by atoms with Gasteiger partial charge in [0, 0.05) is 33.6 Å². The van der Waals surface area contributed by atoms with Crippen LogP contribution in [-0.2, 0) is 82.7 Å². The van der Waals surface area contributed by atoms with Crippen LogP contribution in [0.15, 0.2) is 91.0 Å². The lowest BCUT2D eigenvalue weighted by Gasteiger charge is -2.49. The first-order valence-corrected chi connectivity index (χ1v) is 20.9. The lowest BCUT2D eigenvalue weighted by molar-refractivity contribution is -0.332. The maximum absolute atomic E-state index is 14.1. The fourth-order valence-electron chi connectivity index (χ4n) is 7.60. The van der Waals surface area contributed by atoms with Crippen LogP contribution in [0.5, 0.6) is 0 Å². The molecule has 11 atom stereocenters. The van der Waals surface area contributed by atoms with Gasteiger partial charge in [-0.2, -0.15) is 0 Å². The average molecular weight is 907 g/mol. The van der Waals surface area contributed by atoms with E-state index in [1.165, 1.54) is 0 Å². The number of esters is 7. The molecule has 3 aromatic rings. The molecule has 2 heterocycles.